The number of benzene rings is 3. The first-order valence-electron chi connectivity index (χ1n) is 7.83. The number of nitrogens with one attached hydrogen (secondary N) is 1. The fraction of sp³-hybridized carbons (Fsp3) is 0.100. The van der Waals surface area contributed by atoms with Gasteiger partial charge in [0.15, 0.2) is 0 Å². The van der Waals surface area contributed by atoms with Crippen LogP contribution < -0.4 is 11.1 Å². The molecule has 4 rings (SSSR count). The van der Waals surface area contributed by atoms with E-state index in [0.29, 0.717) is 17.1 Å². The van der Waals surface area contributed by atoms with Gasteiger partial charge in [-0.3, -0.25) is 4.79 Å². The van der Waals surface area contributed by atoms with Gasteiger partial charge in [-0.15, -0.1) is 0 Å². The summed E-state index contributed by atoms with van der Waals surface area (Å²) in [6.45, 7) is 4.07. The van der Waals surface area contributed by atoms with Crippen LogP contribution in [0.5, 0.6) is 0 Å². The molecule has 0 saturated heterocycles. The summed E-state index contributed by atoms with van der Waals surface area (Å²) in [4.78, 5) is 17.2. The van der Waals surface area contributed by atoms with E-state index in [9.17, 15) is 4.79 Å². The fourth-order valence-electron chi connectivity index (χ4n) is 3.20. The first kappa shape index (κ1) is 14.5. The van der Waals surface area contributed by atoms with Gasteiger partial charge in [-0.2, -0.15) is 0 Å². The molecule has 4 heteroatoms. The molecule has 3 aromatic rings. The summed E-state index contributed by atoms with van der Waals surface area (Å²) in [6, 6.07) is 15.4. The fourth-order valence-corrected chi connectivity index (χ4v) is 3.20. The number of anilines is 1. The first-order valence-corrected chi connectivity index (χ1v) is 7.83. The molecule has 3 N–H and O–H groups in total. The summed E-state index contributed by atoms with van der Waals surface area (Å²) in [5.41, 5.74) is 11.4. The predicted molar refractivity (Wildman–Crippen MR) is 97.9 cm³/mol. The van der Waals surface area contributed by atoms with Crippen LogP contribution >= 0.6 is 0 Å². The van der Waals surface area contributed by atoms with Crippen LogP contribution in [-0.4, -0.2) is 11.7 Å². The monoisotopic (exact) mass is 315 g/mol. The van der Waals surface area contributed by atoms with Crippen molar-refractivity contribution in [2.45, 2.75) is 13.8 Å². The van der Waals surface area contributed by atoms with Gasteiger partial charge in [-0.05, 0) is 43.7 Å². The minimum absolute atomic E-state index is 0.151. The van der Waals surface area contributed by atoms with Gasteiger partial charge < -0.3 is 11.1 Å². The molecule has 24 heavy (non-hydrogen) atoms. The number of carbonyl (C=O) groups is 1. The molecule has 118 valence electrons. The number of nitrogen functional groups attached to an aromatic ring is 1. The lowest BCUT2D eigenvalue weighted by Gasteiger charge is -2.20. The van der Waals surface area contributed by atoms with Crippen molar-refractivity contribution in [1.29, 1.82) is 0 Å². The van der Waals surface area contributed by atoms with Crippen LogP contribution in [0.15, 0.2) is 53.5 Å². The van der Waals surface area contributed by atoms with E-state index in [0.717, 1.165) is 27.6 Å². The number of amidine groups is 1. The van der Waals surface area contributed by atoms with Gasteiger partial charge in [0.25, 0.3) is 5.91 Å². The SMILES string of the molecule is Cc1ccc(N=C2NC(=O)c3cccc4c(N)ccc2c34)c(C)c1. The molecule has 0 aliphatic carbocycles. The molecular formula is C20H17N3O. The van der Waals surface area contributed by atoms with Crippen molar-refractivity contribution in [2.24, 2.45) is 4.99 Å². The first-order chi connectivity index (χ1) is 11.5. The maximum atomic E-state index is 12.5. The quantitative estimate of drug-likeness (QED) is 0.670. The molecular weight excluding hydrogens is 298 g/mol. The average Bonchev–Trinajstić information content (AvgIpc) is 2.56. The van der Waals surface area contributed by atoms with Crippen molar-refractivity contribution >= 4 is 33.9 Å². The van der Waals surface area contributed by atoms with Gasteiger partial charge >= 0.3 is 0 Å². The van der Waals surface area contributed by atoms with Crippen LogP contribution in [0.25, 0.3) is 10.8 Å². The van der Waals surface area contributed by atoms with Crippen molar-refractivity contribution in [3.05, 3.63) is 70.8 Å². The largest absolute Gasteiger partial charge is 0.398 e. The van der Waals surface area contributed by atoms with Crippen LogP contribution in [-0.2, 0) is 0 Å². The molecule has 1 heterocycles. The number of aryl methyl sites for hydroxylation is 2. The highest BCUT2D eigenvalue weighted by atomic mass is 16.1. The normalized spacial score (nSPS) is 14.9. The standard InChI is InChI=1S/C20H17N3O/c1-11-6-9-17(12(2)10-11)22-19-14-7-8-16(21)13-4-3-5-15(18(13)14)20(24)23-19/h3-10H,21H2,1-2H3,(H,22,23,24). The van der Waals surface area contributed by atoms with Gasteiger partial charge in [0.2, 0.25) is 0 Å². The predicted octanol–water partition coefficient (Wildman–Crippen LogP) is 3.86. The third kappa shape index (κ3) is 2.15. The molecule has 0 spiro atoms. The van der Waals surface area contributed by atoms with E-state index < -0.39 is 0 Å². The van der Waals surface area contributed by atoms with Gasteiger partial charge in [0.05, 0.1) is 5.69 Å². The third-order valence-corrected chi connectivity index (χ3v) is 4.39. The van der Waals surface area contributed by atoms with Crippen molar-refractivity contribution in [1.82, 2.24) is 5.32 Å². The summed E-state index contributed by atoms with van der Waals surface area (Å²) in [7, 11) is 0. The number of hydrogen-bond acceptors (Lipinski definition) is 3. The number of nitrogens with two attached hydrogens (primary N) is 1. The Morgan fingerprint density at radius 3 is 2.62 bits per heavy atom. The number of hydrogen-bond donors (Lipinski definition) is 2. The van der Waals surface area contributed by atoms with Crippen molar-refractivity contribution < 1.29 is 4.79 Å². The highest BCUT2D eigenvalue weighted by Crippen LogP contribution is 2.31. The Morgan fingerprint density at radius 1 is 1.00 bits per heavy atom. The molecule has 1 amide bonds. The average molecular weight is 315 g/mol. The van der Waals surface area contributed by atoms with Gasteiger partial charge in [-0.25, -0.2) is 4.99 Å². The van der Waals surface area contributed by atoms with Gasteiger partial charge in [-0.1, -0.05) is 29.8 Å². The number of amides is 1. The summed E-state index contributed by atoms with van der Waals surface area (Å²) in [5.74, 6) is 0.415. The second-order valence-electron chi connectivity index (χ2n) is 6.13. The van der Waals surface area contributed by atoms with E-state index in [1.807, 2.05) is 56.3 Å². The second-order valence-corrected chi connectivity index (χ2v) is 6.13. The maximum absolute atomic E-state index is 12.5. The van der Waals surface area contributed by atoms with Gasteiger partial charge in [0.1, 0.15) is 5.84 Å². The van der Waals surface area contributed by atoms with Crippen LogP contribution in [0.4, 0.5) is 11.4 Å². The molecule has 3 aromatic carbocycles. The molecule has 0 unspecified atom stereocenters. The Balaban J connectivity index is 1.99. The van der Waals surface area contributed by atoms with Crippen LogP contribution in [0.2, 0.25) is 0 Å². The Bertz CT molecular complexity index is 1030. The topological polar surface area (TPSA) is 67.5 Å². The molecule has 0 bridgehead atoms. The minimum Gasteiger partial charge on any atom is -0.398 e. The maximum Gasteiger partial charge on any atom is 0.257 e. The Labute approximate surface area is 140 Å². The molecule has 0 radical (unpaired) electrons. The Kier molecular flexibility index (Phi) is 3.13. The highest BCUT2D eigenvalue weighted by Gasteiger charge is 2.24. The molecule has 1 aliphatic heterocycles. The van der Waals surface area contributed by atoms with E-state index >= 15 is 0 Å². The number of rotatable bonds is 1. The van der Waals surface area contributed by atoms with Crippen LogP contribution in [0.1, 0.15) is 27.0 Å². The molecule has 0 saturated carbocycles. The minimum atomic E-state index is -0.151. The van der Waals surface area contributed by atoms with Crippen molar-refractivity contribution in [3.8, 4) is 0 Å². The summed E-state index contributed by atoms with van der Waals surface area (Å²) in [5, 5.41) is 4.66. The van der Waals surface area contributed by atoms with E-state index in [2.05, 4.69) is 11.4 Å². The molecule has 4 nitrogen and oxygen atoms in total. The summed E-state index contributed by atoms with van der Waals surface area (Å²) >= 11 is 0. The lowest BCUT2D eigenvalue weighted by molar-refractivity contribution is 0.0977. The zero-order valence-corrected chi connectivity index (χ0v) is 13.6. The van der Waals surface area contributed by atoms with E-state index in [-0.39, 0.29) is 5.91 Å². The van der Waals surface area contributed by atoms with Crippen LogP contribution in [0, 0.1) is 13.8 Å². The molecule has 0 fully saturated rings. The number of aliphatic imine (C=N–C) groups is 1. The van der Waals surface area contributed by atoms with E-state index in [4.69, 9.17) is 10.7 Å². The van der Waals surface area contributed by atoms with E-state index in [1.54, 1.807) is 0 Å². The summed E-state index contributed by atoms with van der Waals surface area (Å²) < 4.78 is 0. The lowest BCUT2D eigenvalue weighted by atomic mass is 9.94. The molecule has 0 aromatic heterocycles. The lowest BCUT2D eigenvalue weighted by Crippen LogP contribution is -2.35. The molecule has 1 aliphatic rings. The molecule has 0 atom stereocenters. The number of carbonyl (C=O) groups excluding carboxylic acids is 1. The van der Waals surface area contributed by atoms with E-state index in [1.165, 1.54) is 5.56 Å². The zero-order valence-electron chi connectivity index (χ0n) is 13.6. The second kappa shape index (κ2) is 5.20. The zero-order chi connectivity index (χ0) is 16.8. The Morgan fingerprint density at radius 2 is 1.83 bits per heavy atom. The van der Waals surface area contributed by atoms with Crippen molar-refractivity contribution in [2.75, 3.05) is 5.73 Å². The van der Waals surface area contributed by atoms with Crippen LogP contribution in [0.3, 0.4) is 0 Å². The number of nitrogens with zero attached hydrogens (tertiary/aromatic N) is 1. The van der Waals surface area contributed by atoms with Gasteiger partial charge in [0, 0.05) is 27.6 Å². The summed E-state index contributed by atoms with van der Waals surface area (Å²) in [6.07, 6.45) is 0. The third-order valence-electron chi connectivity index (χ3n) is 4.39. The Hall–Kier alpha value is -3.14. The van der Waals surface area contributed by atoms with Crippen molar-refractivity contribution in [3.63, 3.8) is 0 Å². The highest BCUT2D eigenvalue weighted by molar-refractivity contribution is 6.28. The smallest absolute Gasteiger partial charge is 0.257 e.